The highest BCUT2D eigenvalue weighted by Gasteiger charge is 2.73. The third-order valence-electron chi connectivity index (χ3n) is 9.66. The van der Waals surface area contributed by atoms with Gasteiger partial charge in [-0.2, -0.15) is 26.3 Å². The minimum absolute atomic E-state index is 0.0446. The minimum atomic E-state index is -6.13. The number of halogens is 8. The molecule has 2 heterocycles. The van der Waals surface area contributed by atoms with Gasteiger partial charge in [0, 0.05) is 37.3 Å². The number of ether oxygens (including phenoxy) is 1. The van der Waals surface area contributed by atoms with Crippen LogP contribution in [0.5, 0.6) is 0 Å². The molecule has 0 saturated carbocycles. The van der Waals surface area contributed by atoms with Crippen molar-refractivity contribution in [1.82, 2.24) is 9.80 Å². The number of aliphatic carboxylic acids is 1. The molecule has 17 heteroatoms. The number of carbonyl (C=O) groups excluding carboxylic acids is 1. The zero-order chi connectivity index (χ0) is 37.6. The Kier molecular flexibility index (Phi) is 10.2. The summed E-state index contributed by atoms with van der Waals surface area (Å²) < 4.78 is 147. The molecule has 3 aromatic rings. The van der Waals surface area contributed by atoms with Gasteiger partial charge in [0.2, 0.25) is 0 Å². The minimum Gasteiger partial charge on any atom is -0.481 e. The van der Waals surface area contributed by atoms with E-state index in [-0.39, 0.29) is 50.0 Å². The van der Waals surface area contributed by atoms with Crippen LogP contribution >= 0.6 is 0 Å². The van der Waals surface area contributed by atoms with E-state index in [4.69, 9.17) is 0 Å². The maximum atomic E-state index is 14.6. The molecule has 0 bridgehead atoms. The van der Waals surface area contributed by atoms with Crippen LogP contribution in [0.4, 0.5) is 39.9 Å². The quantitative estimate of drug-likeness (QED) is 0.195. The highest BCUT2D eigenvalue weighted by Crippen LogP contribution is 2.54. The third kappa shape index (κ3) is 6.77. The van der Waals surface area contributed by atoms with Gasteiger partial charge in [0.1, 0.15) is 16.4 Å². The lowest BCUT2D eigenvalue weighted by molar-refractivity contribution is -0.392. The zero-order valence-electron chi connectivity index (χ0n) is 26.9. The van der Waals surface area contributed by atoms with E-state index in [2.05, 4.69) is 4.74 Å². The van der Waals surface area contributed by atoms with Gasteiger partial charge < -0.3 is 19.6 Å². The number of benzene rings is 3. The van der Waals surface area contributed by atoms with Gasteiger partial charge in [0.05, 0.1) is 17.4 Å². The normalized spacial score (nSPS) is 19.4. The molecular weight excluding hydrogens is 716 g/mol. The molecule has 1 atom stereocenters. The second-order valence-corrected chi connectivity index (χ2v) is 14.8. The monoisotopic (exact) mass is 748 g/mol. The largest absolute Gasteiger partial charge is 0.481 e. The second kappa shape index (κ2) is 13.7. The van der Waals surface area contributed by atoms with E-state index in [9.17, 15) is 58.2 Å². The average molecular weight is 749 g/mol. The molecule has 2 aliphatic rings. The first-order chi connectivity index (χ1) is 23.7. The Hall–Kier alpha value is -4.25. The predicted molar refractivity (Wildman–Crippen MR) is 165 cm³/mol. The first-order valence-corrected chi connectivity index (χ1v) is 17.1. The number of alkyl halides is 6. The Labute approximate surface area is 287 Å². The van der Waals surface area contributed by atoms with E-state index in [1.807, 2.05) is 0 Å². The Morgan fingerprint density at radius 1 is 0.863 bits per heavy atom. The van der Waals surface area contributed by atoms with Crippen molar-refractivity contribution in [2.75, 3.05) is 26.2 Å². The number of hydrogen-bond acceptors (Lipinski definition) is 5. The summed E-state index contributed by atoms with van der Waals surface area (Å²) in [6.45, 7) is -0.780. The third-order valence-corrected chi connectivity index (χ3v) is 12.1. The maximum Gasteiger partial charge on any atom is 0.430 e. The van der Waals surface area contributed by atoms with Crippen LogP contribution in [-0.2, 0) is 36.3 Å². The number of carbonyl (C=O) groups is 2. The molecule has 1 unspecified atom stereocenters. The summed E-state index contributed by atoms with van der Waals surface area (Å²) in [5, 5.41) is 9.30. The van der Waals surface area contributed by atoms with Crippen molar-refractivity contribution in [3.8, 4) is 0 Å². The smallest absolute Gasteiger partial charge is 0.430 e. The zero-order valence-corrected chi connectivity index (χ0v) is 27.7. The number of aryl methyl sites for hydroxylation is 1. The first-order valence-electron chi connectivity index (χ1n) is 15.6. The van der Waals surface area contributed by atoms with Crippen LogP contribution in [0.1, 0.15) is 41.5 Å². The molecule has 5 rings (SSSR count). The number of amides is 2. The molecular formula is C34H32F8N2O6S. The number of urea groups is 1. The molecule has 2 fully saturated rings. The van der Waals surface area contributed by atoms with Crippen molar-refractivity contribution in [2.45, 2.75) is 60.4 Å². The Morgan fingerprint density at radius 2 is 1.45 bits per heavy atom. The lowest BCUT2D eigenvalue weighted by Gasteiger charge is -2.38. The van der Waals surface area contributed by atoms with E-state index in [1.54, 1.807) is 0 Å². The summed E-state index contributed by atoms with van der Waals surface area (Å²) in [7, 11) is -4.62. The van der Waals surface area contributed by atoms with Gasteiger partial charge in [-0.3, -0.25) is 4.79 Å². The van der Waals surface area contributed by atoms with Crippen LogP contribution < -0.4 is 0 Å². The fourth-order valence-electron chi connectivity index (χ4n) is 6.69. The van der Waals surface area contributed by atoms with Crippen LogP contribution in [0.15, 0.2) is 71.6 Å². The number of likely N-dealkylation sites (tertiary alicyclic amines) is 2. The van der Waals surface area contributed by atoms with E-state index >= 15 is 0 Å². The van der Waals surface area contributed by atoms with Gasteiger partial charge in [-0.05, 0) is 67.6 Å². The molecule has 51 heavy (non-hydrogen) atoms. The number of carboxylic acids is 1. The lowest BCUT2D eigenvalue weighted by Crippen LogP contribution is -2.56. The average Bonchev–Trinajstić information content (AvgIpc) is 3.53. The number of rotatable bonds is 8. The van der Waals surface area contributed by atoms with Gasteiger partial charge >= 0.3 is 24.4 Å². The summed E-state index contributed by atoms with van der Waals surface area (Å²) in [5.41, 5.74) is -7.15. The summed E-state index contributed by atoms with van der Waals surface area (Å²) in [5.74, 6) is -3.56. The Balaban J connectivity index is 1.56. The van der Waals surface area contributed by atoms with Gasteiger partial charge in [-0.25, -0.2) is 22.0 Å². The molecule has 0 aliphatic carbocycles. The number of carboxylic acid groups (broad SMARTS) is 1. The maximum absolute atomic E-state index is 14.6. The lowest BCUT2D eigenvalue weighted by atomic mass is 9.88. The van der Waals surface area contributed by atoms with Crippen LogP contribution in [-0.4, -0.2) is 73.9 Å². The molecule has 3 aromatic carbocycles. The van der Waals surface area contributed by atoms with Gasteiger partial charge in [0.15, 0.2) is 9.84 Å². The molecule has 2 aliphatic heterocycles. The van der Waals surface area contributed by atoms with Crippen LogP contribution in [0.2, 0.25) is 0 Å². The van der Waals surface area contributed by atoms with Crippen molar-refractivity contribution >= 4 is 21.8 Å². The molecule has 2 amide bonds. The van der Waals surface area contributed by atoms with E-state index in [0.717, 1.165) is 42.5 Å². The van der Waals surface area contributed by atoms with Crippen molar-refractivity contribution in [3.63, 3.8) is 0 Å². The van der Waals surface area contributed by atoms with E-state index in [1.165, 1.54) is 28.9 Å². The van der Waals surface area contributed by atoms with Crippen LogP contribution in [0.25, 0.3) is 0 Å². The predicted octanol–water partition coefficient (Wildman–Crippen LogP) is 7.10. The molecule has 0 radical (unpaired) electrons. The van der Waals surface area contributed by atoms with Crippen molar-refractivity contribution in [2.24, 2.45) is 5.92 Å². The molecule has 0 spiro atoms. The topological polar surface area (TPSA) is 104 Å². The number of sulfone groups is 1. The first kappa shape index (κ1) is 38.0. The summed E-state index contributed by atoms with van der Waals surface area (Å²) in [4.78, 5) is 27.0. The van der Waals surface area contributed by atoms with Gasteiger partial charge in [-0.15, -0.1) is 0 Å². The molecule has 1 N–H and O–H groups in total. The fourth-order valence-corrected chi connectivity index (χ4v) is 8.76. The number of piperidine rings is 1. The van der Waals surface area contributed by atoms with Gasteiger partial charge in [0.25, 0.3) is 5.60 Å². The van der Waals surface area contributed by atoms with Crippen LogP contribution in [0.3, 0.4) is 0 Å². The Morgan fingerprint density at radius 3 is 1.98 bits per heavy atom. The highest BCUT2D eigenvalue weighted by molar-refractivity contribution is 7.92. The number of nitrogens with zero attached hydrogens (tertiary/aromatic N) is 2. The van der Waals surface area contributed by atoms with Crippen molar-refractivity contribution in [1.29, 1.82) is 0 Å². The summed E-state index contributed by atoms with van der Waals surface area (Å²) in [6.07, 6.45) is -12.3. The second-order valence-electron chi connectivity index (χ2n) is 12.6. The summed E-state index contributed by atoms with van der Waals surface area (Å²) in [6, 6.07) is 8.83. The van der Waals surface area contributed by atoms with E-state index in [0.29, 0.717) is 12.1 Å². The molecule has 276 valence electrons. The highest BCUT2D eigenvalue weighted by atomic mass is 32.2. The van der Waals surface area contributed by atoms with Crippen molar-refractivity contribution in [3.05, 3.63) is 101 Å². The van der Waals surface area contributed by atoms with E-state index < -0.39 is 91.3 Å². The van der Waals surface area contributed by atoms with Crippen LogP contribution in [0, 0.1) is 24.5 Å². The fraction of sp³-hybridized carbons (Fsp3) is 0.412. The molecule has 0 aromatic heterocycles. The Bertz CT molecular complexity index is 1840. The molecule has 8 nitrogen and oxygen atoms in total. The van der Waals surface area contributed by atoms with Gasteiger partial charge in [-0.1, -0.05) is 36.4 Å². The standard InChI is InChI=1S/C34H32F8N2O6S/c1-21-3-2-4-28(36)27(21)19-50-32(33(37,38)39,34(40,41)42)24-7-5-23(6-8-24)31(51(48,49)26-11-9-25(35)10-12-26)15-18-44(20-31)30(47)43-16-13-22(14-17-43)29(45)46/h2-12,22H,13-20H2,1H3,(H,45,46). The summed E-state index contributed by atoms with van der Waals surface area (Å²) >= 11 is 0. The molecule has 2 saturated heterocycles. The SMILES string of the molecule is Cc1cccc(F)c1COC(c1ccc(C2(S(=O)(=O)c3ccc(F)cc3)CCN(C(=O)N3CCC(C(=O)O)CC3)C2)cc1)(C(F)(F)F)C(F)(F)F. The number of hydrogen-bond donors (Lipinski definition) is 1. The van der Waals surface area contributed by atoms with Crippen molar-refractivity contribution < 1.29 is 63.0 Å².